The fraction of sp³-hybridized carbons (Fsp3) is 0. The summed E-state index contributed by atoms with van der Waals surface area (Å²) in [5.74, 6) is -1.02. The van der Waals surface area contributed by atoms with Crippen molar-refractivity contribution in [2.45, 2.75) is 0 Å². The Kier molecular flexibility index (Phi) is 1.86. The molecule has 0 amide bonds. The van der Waals surface area contributed by atoms with Crippen LogP contribution in [0.4, 0.5) is 5.69 Å². The summed E-state index contributed by atoms with van der Waals surface area (Å²) in [6, 6.07) is 2.89. The molecule has 0 spiro atoms. The predicted octanol–water partition coefficient (Wildman–Crippen LogP) is 2.10. The molecular formula is C9H7ClN2O2. The number of carboxylic acids is 1. The first-order chi connectivity index (χ1) is 6.59. The molecule has 1 heterocycles. The molecule has 0 saturated heterocycles. The number of nitrogen functional groups attached to an aromatic ring is 1. The molecular weight excluding hydrogens is 204 g/mol. The first kappa shape index (κ1) is 8.90. The summed E-state index contributed by atoms with van der Waals surface area (Å²) in [5, 5.41) is 9.88. The number of hydrogen-bond acceptors (Lipinski definition) is 2. The number of aromatic nitrogens is 1. The Labute approximate surface area is 84.3 Å². The second kappa shape index (κ2) is 2.92. The minimum Gasteiger partial charge on any atom is -0.478 e. The molecule has 2 aromatic rings. The maximum Gasteiger partial charge on any atom is 0.335 e. The van der Waals surface area contributed by atoms with Gasteiger partial charge in [0.2, 0.25) is 0 Å². The third-order valence-electron chi connectivity index (χ3n) is 2.02. The highest BCUT2D eigenvalue weighted by molar-refractivity contribution is 6.36. The monoisotopic (exact) mass is 210 g/mol. The largest absolute Gasteiger partial charge is 0.478 e. The lowest BCUT2D eigenvalue weighted by molar-refractivity contribution is 0.0697. The number of aromatic amines is 1. The van der Waals surface area contributed by atoms with Gasteiger partial charge in [0.05, 0.1) is 21.8 Å². The van der Waals surface area contributed by atoms with Crippen molar-refractivity contribution < 1.29 is 9.90 Å². The van der Waals surface area contributed by atoms with Gasteiger partial charge in [0, 0.05) is 11.6 Å². The van der Waals surface area contributed by atoms with Crippen molar-refractivity contribution in [3.63, 3.8) is 0 Å². The number of halogens is 1. The smallest absolute Gasteiger partial charge is 0.335 e. The van der Waals surface area contributed by atoms with Crippen molar-refractivity contribution in [2.75, 3.05) is 5.73 Å². The van der Waals surface area contributed by atoms with Crippen LogP contribution in [-0.4, -0.2) is 16.1 Å². The van der Waals surface area contributed by atoms with E-state index in [0.717, 1.165) is 0 Å². The Bertz CT molecular complexity index is 519. The summed E-state index contributed by atoms with van der Waals surface area (Å²) in [7, 11) is 0. The van der Waals surface area contributed by atoms with E-state index in [2.05, 4.69) is 4.98 Å². The number of benzene rings is 1. The van der Waals surface area contributed by atoms with Crippen LogP contribution >= 0.6 is 11.6 Å². The van der Waals surface area contributed by atoms with Crippen LogP contribution in [0.3, 0.4) is 0 Å². The van der Waals surface area contributed by atoms with E-state index in [-0.39, 0.29) is 5.56 Å². The molecule has 0 atom stereocenters. The standard InChI is InChI=1S/C9H7ClN2O2/c10-6-3-12-8-5(6)1-4(9(13)14)2-7(8)11/h1-3,12H,11H2,(H,13,14). The van der Waals surface area contributed by atoms with Gasteiger partial charge >= 0.3 is 5.97 Å². The third kappa shape index (κ3) is 1.20. The van der Waals surface area contributed by atoms with Crippen LogP contribution in [0.2, 0.25) is 5.02 Å². The fourth-order valence-corrected chi connectivity index (χ4v) is 1.55. The maximum atomic E-state index is 10.7. The molecule has 0 aliphatic heterocycles. The number of H-pyrrole nitrogens is 1. The second-order valence-corrected chi connectivity index (χ2v) is 3.34. The molecule has 72 valence electrons. The number of hydrogen-bond donors (Lipinski definition) is 3. The van der Waals surface area contributed by atoms with Gasteiger partial charge in [-0.1, -0.05) is 11.6 Å². The molecule has 4 N–H and O–H groups in total. The Hall–Kier alpha value is -1.68. The van der Waals surface area contributed by atoms with Gasteiger partial charge in [0.15, 0.2) is 0 Å². The van der Waals surface area contributed by atoms with Crippen LogP contribution in [-0.2, 0) is 0 Å². The normalized spacial score (nSPS) is 10.6. The molecule has 0 saturated carbocycles. The summed E-state index contributed by atoms with van der Waals surface area (Å²) < 4.78 is 0. The zero-order valence-corrected chi connectivity index (χ0v) is 7.80. The van der Waals surface area contributed by atoms with Gasteiger partial charge in [-0.3, -0.25) is 0 Å². The highest BCUT2D eigenvalue weighted by Gasteiger charge is 2.10. The van der Waals surface area contributed by atoms with Crippen LogP contribution in [0.5, 0.6) is 0 Å². The van der Waals surface area contributed by atoms with Gasteiger partial charge in [0.25, 0.3) is 0 Å². The molecule has 4 nitrogen and oxygen atoms in total. The number of rotatable bonds is 1. The lowest BCUT2D eigenvalue weighted by Gasteiger charge is -1.99. The Morgan fingerprint density at radius 1 is 1.50 bits per heavy atom. The summed E-state index contributed by atoms with van der Waals surface area (Å²) >= 11 is 5.84. The van der Waals surface area contributed by atoms with Crippen molar-refractivity contribution in [3.8, 4) is 0 Å². The average Bonchev–Trinajstić information content (AvgIpc) is 2.48. The van der Waals surface area contributed by atoms with Crippen LogP contribution < -0.4 is 5.73 Å². The molecule has 2 rings (SSSR count). The van der Waals surface area contributed by atoms with Crippen molar-refractivity contribution in [3.05, 3.63) is 28.9 Å². The summed E-state index contributed by atoms with van der Waals surface area (Å²) in [6.07, 6.45) is 1.58. The quantitative estimate of drug-likeness (QED) is 0.631. The van der Waals surface area contributed by atoms with Crippen LogP contribution in [0.15, 0.2) is 18.3 Å². The first-order valence-corrected chi connectivity index (χ1v) is 4.27. The van der Waals surface area contributed by atoms with Gasteiger partial charge in [-0.25, -0.2) is 4.79 Å². The topological polar surface area (TPSA) is 79.1 Å². The number of carboxylic acid groups (broad SMARTS) is 1. The number of aromatic carboxylic acids is 1. The number of anilines is 1. The maximum absolute atomic E-state index is 10.7. The van der Waals surface area contributed by atoms with E-state index in [9.17, 15) is 4.79 Å². The van der Waals surface area contributed by atoms with Gasteiger partial charge < -0.3 is 15.8 Å². The van der Waals surface area contributed by atoms with E-state index < -0.39 is 5.97 Å². The van der Waals surface area contributed by atoms with E-state index in [1.54, 1.807) is 6.20 Å². The van der Waals surface area contributed by atoms with E-state index in [1.165, 1.54) is 12.1 Å². The fourth-order valence-electron chi connectivity index (χ4n) is 1.35. The number of carbonyl (C=O) groups is 1. The van der Waals surface area contributed by atoms with Gasteiger partial charge in [-0.05, 0) is 12.1 Å². The van der Waals surface area contributed by atoms with E-state index in [0.29, 0.717) is 21.6 Å². The van der Waals surface area contributed by atoms with E-state index in [1.807, 2.05) is 0 Å². The molecule has 0 aliphatic rings. The van der Waals surface area contributed by atoms with Crippen molar-refractivity contribution in [1.29, 1.82) is 0 Å². The summed E-state index contributed by atoms with van der Waals surface area (Å²) in [5.41, 5.74) is 6.84. The van der Waals surface area contributed by atoms with Crippen molar-refractivity contribution in [1.82, 2.24) is 4.98 Å². The number of nitrogens with one attached hydrogen (secondary N) is 1. The molecule has 0 bridgehead atoms. The van der Waals surface area contributed by atoms with Crippen molar-refractivity contribution in [2.24, 2.45) is 0 Å². The minimum absolute atomic E-state index is 0.136. The lowest BCUT2D eigenvalue weighted by Crippen LogP contribution is -1.98. The third-order valence-corrected chi connectivity index (χ3v) is 2.33. The molecule has 1 aromatic heterocycles. The predicted molar refractivity (Wildman–Crippen MR) is 54.7 cm³/mol. The van der Waals surface area contributed by atoms with Crippen LogP contribution in [0, 0.1) is 0 Å². The lowest BCUT2D eigenvalue weighted by atomic mass is 10.1. The Balaban J connectivity index is 2.82. The van der Waals surface area contributed by atoms with Crippen LogP contribution in [0.1, 0.15) is 10.4 Å². The van der Waals surface area contributed by atoms with Crippen molar-refractivity contribution >= 4 is 34.2 Å². The zero-order chi connectivity index (χ0) is 10.3. The minimum atomic E-state index is -1.02. The van der Waals surface area contributed by atoms with Gasteiger partial charge in [-0.15, -0.1) is 0 Å². The van der Waals surface area contributed by atoms with Crippen LogP contribution in [0.25, 0.3) is 10.9 Å². The molecule has 1 aromatic carbocycles. The Morgan fingerprint density at radius 2 is 2.21 bits per heavy atom. The zero-order valence-electron chi connectivity index (χ0n) is 7.04. The highest BCUT2D eigenvalue weighted by Crippen LogP contribution is 2.28. The molecule has 0 fully saturated rings. The van der Waals surface area contributed by atoms with Gasteiger partial charge in [-0.2, -0.15) is 0 Å². The second-order valence-electron chi connectivity index (χ2n) is 2.93. The van der Waals surface area contributed by atoms with E-state index >= 15 is 0 Å². The molecule has 14 heavy (non-hydrogen) atoms. The summed E-state index contributed by atoms with van der Waals surface area (Å²) in [6.45, 7) is 0. The average molecular weight is 211 g/mol. The van der Waals surface area contributed by atoms with Gasteiger partial charge in [0.1, 0.15) is 0 Å². The molecule has 5 heteroatoms. The SMILES string of the molecule is Nc1cc(C(=O)O)cc2c(Cl)c[nH]c12. The summed E-state index contributed by atoms with van der Waals surface area (Å²) in [4.78, 5) is 13.6. The number of nitrogens with two attached hydrogens (primary N) is 1. The molecule has 0 radical (unpaired) electrons. The Morgan fingerprint density at radius 3 is 2.86 bits per heavy atom. The van der Waals surface area contributed by atoms with E-state index in [4.69, 9.17) is 22.4 Å². The highest BCUT2D eigenvalue weighted by atomic mass is 35.5. The first-order valence-electron chi connectivity index (χ1n) is 3.89. The number of fused-ring (bicyclic) bond motifs is 1. The molecule has 0 unspecified atom stereocenters. The molecule has 0 aliphatic carbocycles.